The van der Waals surface area contributed by atoms with E-state index in [-0.39, 0.29) is 5.56 Å². The number of hydrogen-bond acceptors (Lipinski definition) is 3. The topological polar surface area (TPSA) is 66.6 Å². The summed E-state index contributed by atoms with van der Waals surface area (Å²) in [6.07, 6.45) is 1.52. The number of nitrogens with one attached hydrogen (secondary N) is 1. The highest BCUT2D eigenvalue weighted by Gasteiger charge is 2.11. The fraction of sp³-hybridized carbons (Fsp3) is 0.200. The molecule has 2 aromatic rings. The number of nitrogens with zero attached hydrogens (tertiary/aromatic N) is 2. The Kier molecular flexibility index (Phi) is 2.80. The monoisotopic (exact) mass is 239 g/mol. The fourth-order valence-electron chi connectivity index (χ4n) is 1.52. The van der Waals surface area contributed by atoms with Crippen molar-refractivity contribution < 1.29 is 9.90 Å². The van der Waals surface area contributed by atoms with Crippen LogP contribution in [0.5, 0.6) is 0 Å². The first kappa shape index (κ1) is 10.9. The maximum absolute atomic E-state index is 10.8. The number of carbonyl (C=O) groups is 1. The first-order valence-corrected chi connectivity index (χ1v) is 5.05. The van der Waals surface area contributed by atoms with E-state index in [1.165, 1.54) is 12.3 Å². The van der Waals surface area contributed by atoms with Crippen molar-refractivity contribution in [2.75, 3.05) is 7.05 Å². The van der Waals surface area contributed by atoms with Gasteiger partial charge in [0.05, 0.1) is 17.6 Å². The van der Waals surface area contributed by atoms with E-state index < -0.39 is 5.97 Å². The molecule has 84 valence electrons. The predicted octanol–water partition coefficient (Wildman–Crippen LogP) is 1.41. The Balaban J connectivity index is 2.64. The second-order valence-corrected chi connectivity index (χ2v) is 3.69. The number of halogens is 1. The van der Waals surface area contributed by atoms with Crippen LogP contribution in [0.2, 0.25) is 5.15 Å². The summed E-state index contributed by atoms with van der Waals surface area (Å²) in [5.41, 5.74) is 0.913. The van der Waals surface area contributed by atoms with Crippen LogP contribution in [0.15, 0.2) is 18.3 Å². The molecule has 0 aliphatic carbocycles. The Morgan fingerprint density at radius 1 is 1.62 bits per heavy atom. The molecule has 0 fully saturated rings. The number of aromatic nitrogens is 2. The zero-order valence-corrected chi connectivity index (χ0v) is 9.32. The molecule has 5 nitrogen and oxygen atoms in total. The molecule has 0 spiro atoms. The molecule has 0 atom stereocenters. The lowest BCUT2D eigenvalue weighted by atomic mass is 10.3. The normalized spacial score (nSPS) is 10.9. The van der Waals surface area contributed by atoms with Gasteiger partial charge < -0.3 is 14.8 Å². The van der Waals surface area contributed by atoms with Crippen LogP contribution in [0.4, 0.5) is 0 Å². The zero-order chi connectivity index (χ0) is 11.7. The number of carboxylic acid groups (broad SMARTS) is 1. The van der Waals surface area contributed by atoms with Gasteiger partial charge in [-0.25, -0.2) is 9.78 Å². The molecular weight excluding hydrogens is 230 g/mol. The van der Waals surface area contributed by atoms with E-state index in [0.717, 1.165) is 0 Å². The highest BCUT2D eigenvalue weighted by Crippen LogP contribution is 2.19. The summed E-state index contributed by atoms with van der Waals surface area (Å²) in [5.74, 6) is -0.285. The Hall–Kier alpha value is -1.59. The number of pyridine rings is 1. The van der Waals surface area contributed by atoms with Crippen molar-refractivity contribution in [2.24, 2.45) is 0 Å². The molecule has 6 heteroatoms. The molecule has 2 N–H and O–H groups in total. The number of aromatic carboxylic acids is 1. The van der Waals surface area contributed by atoms with E-state index in [0.29, 0.717) is 23.0 Å². The second-order valence-electron chi connectivity index (χ2n) is 3.33. The molecule has 0 aromatic carbocycles. The van der Waals surface area contributed by atoms with Crippen molar-refractivity contribution in [3.63, 3.8) is 0 Å². The zero-order valence-electron chi connectivity index (χ0n) is 8.57. The molecule has 0 bridgehead atoms. The van der Waals surface area contributed by atoms with E-state index in [9.17, 15) is 4.79 Å². The third-order valence-corrected chi connectivity index (χ3v) is 2.53. The molecule has 0 saturated heterocycles. The van der Waals surface area contributed by atoms with Gasteiger partial charge in [-0.2, -0.15) is 0 Å². The summed E-state index contributed by atoms with van der Waals surface area (Å²) in [4.78, 5) is 15.0. The molecule has 2 rings (SSSR count). The van der Waals surface area contributed by atoms with Gasteiger partial charge >= 0.3 is 5.97 Å². The Morgan fingerprint density at radius 2 is 2.38 bits per heavy atom. The summed E-state index contributed by atoms with van der Waals surface area (Å²) < 4.78 is 1.68. The van der Waals surface area contributed by atoms with Gasteiger partial charge in [-0.05, 0) is 19.2 Å². The van der Waals surface area contributed by atoms with Gasteiger partial charge in [0.25, 0.3) is 0 Å². The van der Waals surface area contributed by atoms with Crippen LogP contribution >= 0.6 is 11.6 Å². The first-order chi connectivity index (χ1) is 7.63. The smallest absolute Gasteiger partial charge is 0.337 e. The second kappa shape index (κ2) is 4.11. The van der Waals surface area contributed by atoms with E-state index in [1.807, 2.05) is 0 Å². The highest BCUT2D eigenvalue weighted by molar-refractivity contribution is 6.32. The fourth-order valence-corrected chi connectivity index (χ4v) is 1.77. The number of hydrogen-bond donors (Lipinski definition) is 2. The quantitative estimate of drug-likeness (QED) is 0.850. The van der Waals surface area contributed by atoms with Gasteiger partial charge in [-0.15, -0.1) is 0 Å². The molecule has 0 radical (unpaired) electrons. The lowest BCUT2D eigenvalue weighted by Gasteiger charge is -2.01. The summed E-state index contributed by atoms with van der Waals surface area (Å²) >= 11 is 5.94. The molecule has 16 heavy (non-hydrogen) atoms. The molecule has 2 heterocycles. The van der Waals surface area contributed by atoms with Crippen molar-refractivity contribution in [3.05, 3.63) is 34.9 Å². The van der Waals surface area contributed by atoms with E-state index in [2.05, 4.69) is 10.3 Å². The summed E-state index contributed by atoms with van der Waals surface area (Å²) in [6, 6.07) is 3.16. The van der Waals surface area contributed by atoms with Gasteiger partial charge in [0, 0.05) is 6.20 Å². The SMILES string of the molecule is CNCc1nc(Cl)c2ccc(C(=O)O)cn12. The molecular formula is C10H10ClN3O2. The molecule has 0 aliphatic heterocycles. The van der Waals surface area contributed by atoms with Crippen molar-refractivity contribution in [2.45, 2.75) is 6.54 Å². The minimum absolute atomic E-state index is 0.207. The van der Waals surface area contributed by atoms with Crippen LogP contribution in [0.25, 0.3) is 5.52 Å². The highest BCUT2D eigenvalue weighted by atomic mass is 35.5. The van der Waals surface area contributed by atoms with Gasteiger partial charge in [-0.3, -0.25) is 0 Å². The number of rotatable bonds is 3. The standard InChI is InChI=1S/C10H10ClN3O2/c1-12-4-8-13-9(11)7-3-2-6(10(15)16)5-14(7)8/h2-3,5,12H,4H2,1H3,(H,15,16). The summed E-state index contributed by atoms with van der Waals surface area (Å²) in [5, 5.41) is 12.2. The maximum Gasteiger partial charge on any atom is 0.337 e. The lowest BCUT2D eigenvalue weighted by molar-refractivity contribution is 0.0696. The third kappa shape index (κ3) is 1.75. The van der Waals surface area contributed by atoms with Gasteiger partial charge in [0.2, 0.25) is 0 Å². The summed E-state index contributed by atoms with van der Waals surface area (Å²) in [7, 11) is 1.79. The molecule has 2 aromatic heterocycles. The lowest BCUT2D eigenvalue weighted by Crippen LogP contribution is -2.09. The van der Waals surface area contributed by atoms with Gasteiger partial charge in [-0.1, -0.05) is 11.6 Å². The molecule has 0 unspecified atom stereocenters. The maximum atomic E-state index is 10.8. The number of fused-ring (bicyclic) bond motifs is 1. The van der Waals surface area contributed by atoms with Crippen LogP contribution in [-0.2, 0) is 6.54 Å². The molecule has 0 saturated carbocycles. The van der Waals surface area contributed by atoms with Crippen LogP contribution in [0.1, 0.15) is 16.2 Å². The Morgan fingerprint density at radius 3 is 3.00 bits per heavy atom. The first-order valence-electron chi connectivity index (χ1n) is 4.68. The molecule has 0 aliphatic rings. The van der Waals surface area contributed by atoms with Crippen molar-refractivity contribution in [1.29, 1.82) is 0 Å². The van der Waals surface area contributed by atoms with Crippen LogP contribution in [-0.4, -0.2) is 27.5 Å². The minimum atomic E-state index is -0.970. The molecule has 0 amide bonds. The minimum Gasteiger partial charge on any atom is -0.478 e. The van der Waals surface area contributed by atoms with Crippen molar-refractivity contribution in [3.8, 4) is 0 Å². The predicted molar refractivity (Wildman–Crippen MR) is 59.9 cm³/mol. The van der Waals surface area contributed by atoms with Crippen LogP contribution in [0, 0.1) is 0 Å². The number of imidazole rings is 1. The average molecular weight is 240 g/mol. The van der Waals surface area contributed by atoms with E-state index >= 15 is 0 Å². The van der Waals surface area contributed by atoms with Crippen LogP contribution in [0.3, 0.4) is 0 Å². The van der Waals surface area contributed by atoms with Crippen molar-refractivity contribution >= 4 is 23.1 Å². The van der Waals surface area contributed by atoms with Gasteiger partial charge in [0.15, 0.2) is 5.15 Å². The third-order valence-electron chi connectivity index (χ3n) is 2.25. The average Bonchev–Trinajstić information content (AvgIpc) is 2.56. The van der Waals surface area contributed by atoms with E-state index in [4.69, 9.17) is 16.7 Å². The summed E-state index contributed by atoms with van der Waals surface area (Å²) in [6.45, 7) is 0.525. The van der Waals surface area contributed by atoms with Crippen molar-refractivity contribution in [1.82, 2.24) is 14.7 Å². The van der Waals surface area contributed by atoms with Crippen LogP contribution < -0.4 is 5.32 Å². The van der Waals surface area contributed by atoms with E-state index in [1.54, 1.807) is 17.5 Å². The van der Waals surface area contributed by atoms with Gasteiger partial charge in [0.1, 0.15) is 5.82 Å². The Bertz CT molecular complexity index is 550. The largest absolute Gasteiger partial charge is 0.478 e. The Labute approximate surface area is 96.7 Å². The number of carboxylic acids is 1.